The molecule has 104 valence electrons. The van der Waals surface area contributed by atoms with Crippen molar-refractivity contribution in [1.29, 1.82) is 0 Å². The highest BCUT2D eigenvalue weighted by Gasteiger charge is 2.20. The number of rotatable bonds is 7. The largest absolute Gasteiger partial charge is 0.381 e. The molecule has 1 aliphatic rings. The number of nitrogens with one attached hydrogen (secondary N) is 2. The number of carbonyl (C=O) groups is 1. The van der Waals surface area contributed by atoms with Gasteiger partial charge in [0.1, 0.15) is 0 Å². The Balaban J connectivity index is 1.52. The molecule has 2 N–H and O–H groups in total. The van der Waals surface area contributed by atoms with Crippen molar-refractivity contribution in [2.24, 2.45) is 5.92 Å². The number of halogens is 1. The summed E-state index contributed by atoms with van der Waals surface area (Å²) in [6.07, 6.45) is 3.47. The summed E-state index contributed by atoms with van der Waals surface area (Å²) in [4.78, 5) is 11.6. The van der Waals surface area contributed by atoms with Crippen molar-refractivity contribution in [3.05, 3.63) is 28.7 Å². The Morgan fingerprint density at radius 3 is 2.74 bits per heavy atom. The molecule has 0 aliphatic heterocycles. The summed E-state index contributed by atoms with van der Waals surface area (Å²) in [6, 6.07) is 7.30. The maximum atomic E-state index is 11.6. The Kier molecular flexibility index (Phi) is 5.66. The summed E-state index contributed by atoms with van der Waals surface area (Å²) < 4.78 is 6.49. The van der Waals surface area contributed by atoms with Gasteiger partial charge in [-0.25, -0.2) is 4.79 Å². The van der Waals surface area contributed by atoms with Gasteiger partial charge in [-0.1, -0.05) is 15.9 Å². The molecule has 0 saturated heterocycles. The molecule has 1 aliphatic carbocycles. The summed E-state index contributed by atoms with van der Waals surface area (Å²) in [7, 11) is 0. The first-order chi connectivity index (χ1) is 9.24. The van der Waals surface area contributed by atoms with E-state index >= 15 is 0 Å². The van der Waals surface area contributed by atoms with Crippen LogP contribution in [0.3, 0.4) is 0 Å². The highest BCUT2D eigenvalue weighted by molar-refractivity contribution is 9.10. The second-order valence-corrected chi connectivity index (χ2v) is 5.68. The molecule has 2 rings (SSSR count). The Hall–Kier alpha value is -1.07. The van der Waals surface area contributed by atoms with Gasteiger partial charge >= 0.3 is 6.03 Å². The Labute approximate surface area is 122 Å². The quantitative estimate of drug-likeness (QED) is 0.754. The fourth-order valence-electron chi connectivity index (χ4n) is 1.62. The van der Waals surface area contributed by atoms with E-state index in [1.54, 1.807) is 0 Å². The van der Waals surface area contributed by atoms with Crippen LogP contribution in [0.25, 0.3) is 0 Å². The van der Waals surface area contributed by atoms with E-state index in [0.717, 1.165) is 35.7 Å². The maximum absolute atomic E-state index is 11.6. The lowest BCUT2D eigenvalue weighted by atomic mass is 10.3. The lowest BCUT2D eigenvalue weighted by Crippen LogP contribution is -2.30. The molecule has 1 saturated carbocycles. The number of hydrogen-bond acceptors (Lipinski definition) is 2. The van der Waals surface area contributed by atoms with Crippen LogP contribution in [-0.2, 0) is 4.74 Å². The lowest BCUT2D eigenvalue weighted by molar-refractivity contribution is 0.122. The molecule has 5 heteroatoms. The van der Waals surface area contributed by atoms with E-state index in [0.29, 0.717) is 6.54 Å². The molecular formula is C14H19BrN2O2. The second kappa shape index (κ2) is 7.50. The first-order valence-corrected chi connectivity index (χ1v) is 7.41. The van der Waals surface area contributed by atoms with Crippen molar-refractivity contribution >= 4 is 27.6 Å². The number of carbonyl (C=O) groups excluding carboxylic acids is 1. The first-order valence-electron chi connectivity index (χ1n) is 6.62. The van der Waals surface area contributed by atoms with E-state index in [4.69, 9.17) is 4.74 Å². The summed E-state index contributed by atoms with van der Waals surface area (Å²) in [5.41, 5.74) is 0.783. The Bertz CT molecular complexity index is 404. The topological polar surface area (TPSA) is 50.4 Å². The maximum Gasteiger partial charge on any atom is 0.319 e. The van der Waals surface area contributed by atoms with Crippen molar-refractivity contribution in [1.82, 2.24) is 5.32 Å². The third-order valence-corrected chi connectivity index (χ3v) is 3.43. The summed E-state index contributed by atoms with van der Waals surface area (Å²) in [6.45, 7) is 2.23. The van der Waals surface area contributed by atoms with Gasteiger partial charge in [-0.05, 0) is 49.4 Å². The summed E-state index contributed by atoms with van der Waals surface area (Å²) in [5, 5.41) is 5.58. The average molecular weight is 327 g/mol. The van der Waals surface area contributed by atoms with Crippen molar-refractivity contribution < 1.29 is 9.53 Å². The van der Waals surface area contributed by atoms with Gasteiger partial charge in [-0.2, -0.15) is 0 Å². The van der Waals surface area contributed by atoms with E-state index in [-0.39, 0.29) is 6.03 Å². The van der Waals surface area contributed by atoms with E-state index in [2.05, 4.69) is 26.6 Å². The minimum absolute atomic E-state index is 0.176. The molecule has 1 aromatic carbocycles. The number of benzene rings is 1. The first kappa shape index (κ1) is 14.3. The summed E-state index contributed by atoms with van der Waals surface area (Å²) in [5.74, 6) is 0.800. The fourth-order valence-corrected chi connectivity index (χ4v) is 1.88. The molecule has 2 amide bonds. The monoisotopic (exact) mass is 326 g/mol. The zero-order valence-electron chi connectivity index (χ0n) is 10.8. The highest BCUT2D eigenvalue weighted by Crippen LogP contribution is 2.28. The molecule has 0 atom stereocenters. The third-order valence-electron chi connectivity index (χ3n) is 2.90. The SMILES string of the molecule is O=C(NCCCOCC1CC1)Nc1ccc(Br)cc1. The van der Waals surface area contributed by atoms with Crippen molar-refractivity contribution in [3.8, 4) is 0 Å². The zero-order chi connectivity index (χ0) is 13.5. The van der Waals surface area contributed by atoms with Gasteiger partial charge in [0.15, 0.2) is 0 Å². The standard InChI is InChI=1S/C14H19BrN2O2/c15-12-4-6-13(7-5-12)17-14(18)16-8-1-9-19-10-11-2-3-11/h4-7,11H,1-3,8-10H2,(H2,16,17,18). The summed E-state index contributed by atoms with van der Waals surface area (Å²) >= 11 is 3.35. The predicted molar refractivity (Wildman–Crippen MR) is 79.3 cm³/mol. The molecule has 0 aromatic heterocycles. The van der Waals surface area contributed by atoms with Gasteiger partial charge in [0.05, 0.1) is 0 Å². The molecule has 4 nitrogen and oxygen atoms in total. The predicted octanol–water partition coefficient (Wildman–Crippen LogP) is 3.39. The number of amides is 2. The van der Waals surface area contributed by atoms with Gasteiger partial charge < -0.3 is 15.4 Å². The van der Waals surface area contributed by atoms with Gasteiger partial charge in [0.2, 0.25) is 0 Å². The van der Waals surface area contributed by atoms with E-state index in [1.807, 2.05) is 24.3 Å². The fraction of sp³-hybridized carbons (Fsp3) is 0.500. The molecule has 0 bridgehead atoms. The second-order valence-electron chi connectivity index (χ2n) is 4.76. The number of urea groups is 1. The molecule has 1 fully saturated rings. The van der Waals surface area contributed by atoms with E-state index in [9.17, 15) is 4.79 Å². The van der Waals surface area contributed by atoms with Crippen LogP contribution in [0, 0.1) is 5.92 Å². The van der Waals surface area contributed by atoms with Crippen LogP contribution in [0.5, 0.6) is 0 Å². The third kappa shape index (κ3) is 6.07. The molecule has 0 unspecified atom stereocenters. The molecule has 0 radical (unpaired) electrons. The van der Waals surface area contributed by atoms with Crippen molar-refractivity contribution in [3.63, 3.8) is 0 Å². The molecule has 1 aromatic rings. The zero-order valence-corrected chi connectivity index (χ0v) is 12.4. The molecule has 0 heterocycles. The van der Waals surface area contributed by atoms with Crippen LogP contribution in [0.1, 0.15) is 19.3 Å². The Morgan fingerprint density at radius 1 is 1.32 bits per heavy atom. The Morgan fingerprint density at radius 2 is 2.05 bits per heavy atom. The van der Waals surface area contributed by atoms with Crippen molar-refractivity contribution in [2.45, 2.75) is 19.3 Å². The van der Waals surface area contributed by atoms with Crippen LogP contribution >= 0.6 is 15.9 Å². The number of hydrogen-bond donors (Lipinski definition) is 2. The number of anilines is 1. The van der Waals surface area contributed by atoms with Crippen LogP contribution in [0.4, 0.5) is 10.5 Å². The van der Waals surface area contributed by atoms with Crippen LogP contribution < -0.4 is 10.6 Å². The van der Waals surface area contributed by atoms with Gasteiger partial charge in [-0.3, -0.25) is 0 Å². The van der Waals surface area contributed by atoms with Gasteiger partial charge in [0, 0.05) is 29.9 Å². The normalized spacial score (nSPS) is 14.2. The van der Waals surface area contributed by atoms with Crippen LogP contribution in [-0.4, -0.2) is 25.8 Å². The smallest absolute Gasteiger partial charge is 0.319 e. The minimum Gasteiger partial charge on any atom is -0.381 e. The van der Waals surface area contributed by atoms with Gasteiger partial charge in [0.25, 0.3) is 0 Å². The minimum atomic E-state index is -0.176. The molecular weight excluding hydrogens is 308 g/mol. The average Bonchev–Trinajstić information content (AvgIpc) is 3.20. The molecule has 19 heavy (non-hydrogen) atoms. The highest BCUT2D eigenvalue weighted by atomic mass is 79.9. The van der Waals surface area contributed by atoms with Gasteiger partial charge in [-0.15, -0.1) is 0 Å². The van der Waals surface area contributed by atoms with Crippen LogP contribution in [0.15, 0.2) is 28.7 Å². The number of ether oxygens (including phenoxy) is 1. The van der Waals surface area contributed by atoms with E-state index < -0.39 is 0 Å². The van der Waals surface area contributed by atoms with E-state index in [1.165, 1.54) is 12.8 Å². The van der Waals surface area contributed by atoms with Crippen LogP contribution in [0.2, 0.25) is 0 Å². The van der Waals surface area contributed by atoms with Crippen molar-refractivity contribution in [2.75, 3.05) is 25.1 Å². The molecule has 0 spiro atoms. The lowest BCUT2D eigenvalue weighted by Gasteiger charge is -2.08.